The zero-order valence-corrected chi connectivity index (χ0v) is 14.3. The summed E-state index contributed by atoms with van der Waals surface area (Å²) in [4.78, 5) is 13.6. The van der Waals surface area contributed by atoms with E-state index in [1.165, 1.54) is 28.9 Å². The second kappa shape index (κ2) is 5.82. The molecule has 3 heterocycles. The Morgan fingerprint density at radius 1 is 1.33 bits per heavy atom. The van der Waals surface area contributed by atoms with E-state index >= 15 is 0 Å². The Hall–Kier alpha value is -2.55. The molecule has 124 valence electrons. The molecule has 0 aromatic carbocycles. The van der Waals surface area contributed by atoms with E-state index in [1.807, 2.05) is 13.8 Å². The third-order valence-electron chi connectivity index (χ3n) is 4.36. The van der Waals surface area contributed by atoms with E-state index in [1.54, 1.807) is 4.68 Å². The summed E-state index contributed by atoms with van der Waals surface area (Å²) in [7, 11) is 0. The number of aryl methyl sites for hydroxylation is 2. The predicted molar refractivity (Wildman–Crippen MR) is 89.7 cm³/mol. The number of nitrogens with one attached hydrogen (secondary N) is 2. The van der Waals surface area contributed by atoms with Crippen LogP contribution in [0, 0.1) is 13.8 Å². The summed E-state index contributed by atoms with van der Waals surface area (Å²) in [6, 6.07) is 0. The van der Waals surface area contributed by atoms with Crippen molar-refractivity contribution in [1.29, 1.82) is 0 Å². The first-order valence-corrected chi connectivity index (χ1v) is 8.73. The van der Waals surface area contributed by atoms with Crippen LogP contribution in [0.5, 0.6) is 0 Å². The van der Waals surface area contributed by atoms with Gasteiger partial charge in [-0.05, 0) is 61.3 Å². The number of hydrogen-bond acceptors (Lipinski definition) is 6. The van der Waals surface area contributed by atoms with Gasteiger partial charge >= 0.3 is 0 Å². The number of thiophene rings is 1. The van der Waals surface area contributed by atoms with Crippen LogP contribution in [-0.4, -0.2) is 36.3 Å². The molecule has 0 fully saturated rings. The Balaban J connectivity index is 1.64. The number of nitrogens with zero attached hydrogens (tertiary/aromatic N) is 5. The smallest absolute Gasteiger partial charge is 0.290 e. The van der Waals surface area contributed by atoms with Gasteiger partial charge in [-0.15, -0.1) is 16.4 Å². The number of fused-ring (bicyclic) bond motifs is 1. The van der Waals surface area contributed by atoms with Gasteiger partial charge in [-0.1, -0.05) is 5.10 Å². The van der Waals surface area contributed by atoms with Gasteiger partial charge in [0, 0.05) is 0 Å². The Morgan fingerprint density at radius 2 is 2.17 bits per heavy atom. The van der Waals surface area contributed by atoms with Crippen molar-refractivity contribution >= 4 is 22.9 Å². The molecular formula is C15H17N7OS. The van der Waals surface area contributed by atoms with Crippen molar-refractivity contribution < 1.29 is 4.79 Å². The number of H-pyrrole nitrogens is 1. The number of hydrogen-bond donors (Lipinski definition) is 2. The van der Waals surface area contributed by atoms with E-state index in [-0.39, 0.29) is 5.91 Å². The van der Waals surface area contributed by atoms with E-state index < -0.39 is 0 Å². The number of amides is 1. The third kappa shape index (κ3) is 2.41. The molecule has 0 bridgehead atoms. The minimum absolute atomic E-state index is 0.0676. The van der Waals surface area contributed by atoms with Crippen molar-refractivity contribution in [2.75, 3.05) is 5.32 Å². The lowest BCUT2D eigenvalue weighted by Gasteiger charge is -2.13. The summed E-state index contributed by atoms with van der Waals surface area (Å²) >= 11 is 1.53. The predicted octanol–water partition coefficient (Wildman–Crippen LogP) is 2.19. The maximum Gasteiger partial charge on any atom is 0.290 e. The number of aromatic nitrogens is 6. The van der Waals surface area contributed by atoms with E-state index in [2.05, 4.69) is 36.4 Å². The zero-order valence-electron chi connectivity index (χ0n) is 13.5. The van der Waals surface area contributed by atoms with Crippen LogP contribution in [-0.2, 0) is 12.8 Å². The summed E-state index contributed by atoms with van der Waals surface area (Å²) in [6.45, 7) is 3.72. The highest BCUT2D eigenvalue weighted by Crippen LogP contribution is 2.31. The van der Waals surface area contributed by atoms with Crippen LogP contribution < -0.4 is 5.32 Å². The van der Waals surface area contributed by atoms with Gasteiger partial charge < -0.3 is 5.32 Å². The number of carbonyl (C=O) groups excluding carboxylic acids is 1. The van der Waals surface area contributed by atoms with Gasteiger partial charge in [0.25, 0.3) is 11.9 Å². The molecule has 8 nitrogen and oxygen atoms in total. The van der Waals surface area contributed by atoms with Gasteiger partial charge in [-0.2, -0.15) is 15.0 Å². The standard InChI is InChI=1S/C15H17N7OS/c1-8-12(9(2)22(19-8)15-17-20-21-18-15)16-14(23)13-11-6-4-3-5-10(11)7-24-13/h7H,3-6H2,1-2H3,(H,16,23)(H,17,18,20,21). The molecule has 0 saturated carbocycles. The van der Waals surface area contributed by atoms with Crippen LogP contribution in [0.4, 0.5) is 5.69 Å². The second-order valence-corrected chi connectivity index (χ2v) is 6.78. The Kier molecular flexibility index (Phi) is 3.64. The molecule has 4 rings (SSSR count). The van der Waals surface area contributed by atoms with Gasteiger partial charge in [-0.3, -0.25) is 4.79 Å². The molecule has 24 heavy (non-hydrogen) atoms. The van der Waals surface area contributed by atoms with Crippen molar-refractivity contribution in [3.63, 3.8) is 0 Å². The number of anilines is 1. The molecule has 1 aliphatic rings. The van der Waals surface area contributed by atoms with Gasteiger partial charge in [0.2, 0.25) is 0 Å². The first kappa shape index (κ1) is 15.0. The second-order valence-electron chi connectivity index (χ2n) is 5.90. The van der Waals surface area contributed by atoms with Crippen molar-refractivity contribution in [3.8, 4) is 5.95 Å². The van der Waals surface area contributed by atoms with Gasteiger partial charge in [0.1, 0.15) is 0 Å². The average Bonchev–Trinajstić information content (AvgIpc) is 3.30. The van der Waals surface area contributed by atoms with Crippen molar-refractivity contribution in [3.05, 3.63) is 32.8 Å². The molecule has 0 radical (unpaired) electrons. The van der Waals surface area contributed by atoms with E-state index in [4.69, 9.17) is 0 Å². The lowest BCUT2D eigenvalue weighted by atomic mass is 9.94. The van der Waals surface area contributed by atoms with Crippen molar-refractivity contribution in [1.82, 2.24) is 30.4 Å². The van der Waals surface area contributed by atoms with E-state index in [0.29, 0.717) is 11.6 Å². The molecule has 1 amide bonds. The zero-order chi connectivity index (χ0) is 16.7. The van der Waals surface area contributed by atoms with Crippen LogP contribution in [0.15, 0.2) is 5.38 Å². The monoisotopic (exact) mass is 343 g/mol. The maximum absolute atomic E-state index is 12.8. The van der Waals surface area contributed by atoms with Crippen molar-refractivity contribution in [2.24, 2.45) is 0 Å². The van der Waals surface area contributed by atoms with Crippen LogP contribution in [0.25, 0.3) is 5.95 Å². The van der Waals surface area contributed by atoms with Gasteiger partial charge in [0.15, 0.2) is 0 Å². The highest BCUT2D eigenvalue weighted by atomic mass is 32.1. The van der Waals surface area contributed by atoms with Crippen molar-refractivity contribution in [2.45, 2.75) is 39.5 Å². The average molecular weight is 343 g/mol. The maximum atomic E-state index is 12.8. The molecule has 3 aromatic heterocycles. The van der Waals surface area contributed by atoms with E-state index in [9.17, 15) is 4.79 Å². The molecule has 1 aliphatic carbocycles. The summed E-state index contributed by atoms with van der Waals surface area (Å²) in [6.07, 6.45) is 4.42. The third-order valence-corrected chi connectivity index (χ3v) is 5.43. The molecular weight excluding hydrogens is 326 g/mol. The minimum atomic E-state index is -0.0676. The molecule has 0 atom stereocenters. The lowest BCUT2D eigenvalue weighted by Crippen LogP contribution is -2.15. The summed E-state index contributed by atoms with van der Waals surface area (Å²) < 4.78 is 1.57. The molecule has 0 spiro atoms. The fourth-order valence-corrected chi connectivity index (χ4v) is 4.20. The molecule has 2 N–H and O–H groups in total. The number of aromatic amines is 1. The van der Waals surface area contributed by atoms with Gasteiger partial charge in [-0.25, -0.2) is 0 Å². The molecule has 0 unspecified atom stereocenters. The van der Waals surface area contributed by atoms with Crippen LogP contribution in [0.2, 0.25) is 0 Å². The molecule has 9 heteroatoms. The van der Waals surface area contributed by atoms with E-state index in [0.717, 1.165) is 35.5 Å². The largest absolute Gasteiger partial charge is 0.318 e. The van der Waals surface area contributed by atoms with Gasteiger partial charge in [0.05, 0.1) is 22.0 Å². The van der Waals surface area contributed by atoms with Crippen LogP contribution in [0.1, 0.15) is 45.0 Å². The number of tetrazole rings is 1. The Bertz CT molecular complexity index is 893. The quantitative estimate of drug-likeness (QED) is 0.759. The number of rotatable bonds is 3. The molecule has 0 aliphatic heterocycles. The normalized spacial score (nSPS) is 13.8. The number of carbonyl (C=O) groups is 1. The SMILES string of the molecule is Cc1nn(-c2nn[nH]n2)c(C)c1NC(=O)c1scc2c1CCCC2. The summed E-state index contributed by atoms with van der Waals surface area (Å²) in [5, 5.41) is 23.3. The Morgan fingerprint density at radius 3 is 2.96 bits per heavy atom. The highest BCUT2D eigenvalue weighted by molar-refractivity contribution is 7.12. The molecule has 3 aromatic rings. The first-order valence-electron chi connectivity index (χ1n) is 7.85. The summed E-state index contributed by atoms with van der Waals surface area (Å²) in [5.41, 5.74) is 4.73. The lowest BCUT2D eigenvalue weighted by molar-refractivity contribution is 0.102. The topological polar surface area (TPSA) is 101 Å². The fraction of sp³-hybridized carbons (Fsp3) is 0.400. The highest BCUT2D eigenvalue weighted by Gasteiger charge is 2.23. The van der Waals surface area contributed by atoms with Crippen LogP contribution in [0.3, 0.4) is 0 Å². The minimum Gasteiger partial charge on any atom is -0.318 e. The Labute approximate surface area is 142 Å². The first-order chi connectivity index (χ1) is 11.6. The summed E-state index contributed by atoms with van der Waals surface area (Å²) in [5.74, 6) is 0.284. The molecule has 0 saturated heterocycles. The fourth-order valence-electron chi connectivity index (χ4n) is 3.14. The van der Waals surface area contributed by atoms with Crippen LogP contribution >= 0.6 is 11.3 Å².